The number of carbonyl (C=O) groups excluding carboxylic acids is 1. The number of aliphatic hydroxyl groups is 1. The third-order valence-electron chi connectivity index (χ3n) is 4.69. The molecule has 0 radical (unpaired) electrons. The Morgan fingerprint density at radius 1 is 1.21 bits per heavy atom. The Kier molecular flexibility index (Phi) is 5.22. The summed E-state index contributed by atoms with van der Waals surface area (Å²) in [6.07, 6.45) is 8.73. The van der Waals surface area contributed by atoms with Gasteiger partial charge < -0.3 is 15.3 Å². The molecule has 0 spiro atoms. The minimum absolute atomic E-state index is 0.181. The molecule has 110 valence electrons. The maximum absolute atomic E-state index is 11.3. The van der Waals surface area contributed by atoms with Crippen LogP contribution in [0.25, 0.3) is 0 Å². The number of piperidine rings is 1. The lowest BCUT2D eigenvalue weighted by molar-refractivity contribution is -0.129. The lowest BCUT2D eigenvalue weighted by Crippen LogP contribution is -2.49. The molecule has 0 unspecified atom stereocenters. The smallest absolute Gasteiger partial charge is 0.219 e. The van der Waals surface area contributed by atoms with Crippen LogP contribution in [-0.4, -0.2) is 47.2 Å². The molecule has 1 heterocycles. The van der Waals surface area contributed by atoms with E-state index in [0.29, 0.717) is 6.04 Å². The van der Waals surface area contributed by atoms with Gasteiger partial charge in [0.05, 0.1) is 5.60 Å². The number of rotatable bonds is 3. The van der Waals surface area contributed by atoms with Crippen LogP contribution in [0.3, 0.4) is 0 Å². The maximum Gasteiger partial charge on any atom is 0.219 e. The summed E-state index contributed by atoms with van der Waals surface area (Å²) >= 11 is 0. The minimum Gasteiger partial charge on any atom is -0.389 e. The summed E-state index contributed by atoms with van der Waals surface area (Å²) in [7, 11) is 0. The fraction of sp³-hybridized carbons (Fsp3) is 0.933. The van der Waals surface area contributed by atoms with Gasteiger partial charge in [-0.25, -0.2) is 0 Å². The molecule has 4 nitrogen and oxygen atoms in total. The Hall–Kier alpha value is -0.610. The average Bonchev–Trinajstić information content (AvgIpc) is 2.62. The van der Waals surface area contributed by atoms with Gasteiger partial charge in [-0.15, -0.1) is 0 Å². The Morgan fingerprint density at radius 3 is 2.32 bits per heavy atom. The summed E-state index contributed by atoms with van der Waals surface area (Å²) in [5.74, 6) is 0.181. The number of hydrogen-bond donors (Lipinski definition) is 2. The highest BCUT2D eigenvalue weighted by Crippen LogP contribution is 2.26. The molecule has 4 heteroatoms. The zero-order valence-electron chi connectivity index (χ0n) is 12.2. The van der Waals surface area contributed by atoms with Crippen molar-refractivity contribution in [1.29, 1.82) is 0 Å². The molecule has 0 aromatic heterocycles. The Bertz CT molecular complexity index is 291. The summed E-state index contributed by atoms with van der Waals surface area (Å²) < 4.78 is 0. The molecule has 2 rings (SSSR count). The third kappa shape index (κ3) is 4.46. The highest BCUT2D eigenvalue weighted by molar-refractivity contribution is 5.73. The highest BCUT2D eigenvalue weighted by Gasteiger charge is 2.29. The van der Waals surface area contributed by atoms with Gasteiger partial charge in [0.2, 0.25) is 5.91 Å². The first-order valence-corrected chi connectivity index (χ1v) is 7.80. The van der Waals surface area contributed by atoms with Gasteiger partial charge in [-0.05, 0) is 25.7 Å². The molecule has 2 N–H and O–H groups in total. The van der Waals surface area contributed by atoms with Crippen molar-refractivity contribution in [3.05, 3.63) is 0 Å². The lowest BCUT2D eigenvalue weighted by Gasteiger charge is -2.34. The van der Waals surface area contributed by atoms with Crippen molar-refractivity contribution >= 4 is 5.91 Å². The van der Waals surface area contributed by atoms with Crippen molar-refractivity contribution in [1.82, 2.24) is 10.2 Å². The summed E-state index contributed by atoms with van der Waals surface area (Å²) in [6, 6.07) is 0.461. The van der Waals surface area contributed by atoms with Crippen molar-refractivity contribution in [2.75, 3.05) is 19.6 Å². The normalized spacial score (nSPS) is 25.1. The van der Waals surface area contributed by atoms with Crippen LogP contribution in [0.2, 0.25) is 0 Å². The molecule has 1 saturated heterocycles. The van der Waals surface area contributed by atoms with Crippen molar-refractivity contribution in [3.8, 4) is 0 Å². The van der Waals surface area contributed by atoms with Crippen molar-refractivity contribution in [2.24, 2.45) is 0 Å². The predicted molar refractivity (Wildman–Crippen MR) is 75.9 cm³/mol. The quantitative estimate of drug-likeness (QED) is 0.766. The van der Waals surface area contributed by atoms with E-state index in [0.717, 1.165) is 58.2 Å². The number of likely N-dealkylation sites (tertiary alicyclic amines) is 1. The Labute approximate surface area is 116 Å². The van der Waals surface area contributed by atoms with E-state index in [4.69, 9.17) is 0 Å². The number of hydrogen-bond acceptors (Lipinski definition) is 3. The summed E-state index contributed by atoms with van der Waals surface area (Å²) in [5, 5.41) is 14.1. The van der Waals surface area contributed by atoms with Crippen LogP contribution in [-0.2, 0) is 4.79 Å². The molecule has 1 aliphatic carbocycles. The Balaban J connectivity index is 1.72. The van der Waals surface area contributed by atoms with E-state index >= 15 is 0 Å². The van der Waals surface area contributed by atoms with Gasteiger partial charge in [-0.2, -0.15) is 0 Å². The van der Waals surface area contributed by atoms with E-state index in [2.05, 4.69) is 5.32 Å². The number of amides is 1. The molecule has 2 fully saturated rings. The first-order valence-electron chi connectivity index (χ1n) is 7.80. The highest BCUT2D eigenvalue weighted by atomic mass is 16.3. The molecule has 0 bridgehead atoms. The molecule has 1 saturated carbocycles. The van der Waals surface area contributed by atoms with Gasteiger partial charge >= 0.3 is 0 Å². The van der Waals surface area contributed by atoms with Gasteiger partial charge in [-0.3, -0.25) is 4.79 Å². The number of nitrogens with zero attached hydrogens (tertiary/aromatic N) is 1. The number of carbonyl (C=O) groups is 1. The second-order valence-electron chi connectivity index (χ2n) is 6.30. The van der Waals surface area contributed by atoms with Gasteiger partial charge in [0.25, 0.3) is 0 Å². The van der Waals surface area contributed by atoms with Gasteiger partial charge in [0.15, 0.2) is 0 Å². The fourth-order valence-electron chi connectivity index (χ4n) is 3.30. The van der Waals surface area contributed by atoms with E-state index in [1.165, 1.54) is 12.8 Å². The zero-order chi connectivity index (χ0) is 13.7. The molecule has 0 aromatic carbocycles. The predicted octanol–water partition coefficient (Wildman–Crippen LogP) is 1.67. The fourth-order valence-corrected chi connectivity index (χ4v) is 3.30. The van der Waals surface area contributed by atoms with E-state index in [1.807, 2.05) is 4.90 Å². The average molecular weight is 268 g/mol. The first-order chi connectivity index (χ1) is 9.09. The SMILES string of the molecule is CC(=O)N1CCC(NCC2(O)CCCCCC2)CC1. The largest absolute Gasteiger partial charge is 0.389 e. The van der Waals surface area contributed by atoms with Crippen LogP contribution in [0, 0.1) is 0 Å². The molecule has 19 heavy (non-hydrogen) atoms. The van der Waals surface area contributed by atoms with Crippen molar-refractivity contribution < 1.29 is 9.90 Å². The minimum atomic E-state index is -0.492. The van der Waals surface area contributed by atoms with E-state index in [-0.39, 0.29) is 5.91 Å². The zero-order valence-corrected chi connectivity index (χ0v) is 12.2. The second-order valence-corrected chi connectivity index (χ2v) is 6.30. The summed E-state index contributed by atoms with van der Waals surface area (Å²) in [6.45, 7) is 4.07. The molecular weight excluding hydrogens is 240 g/mol. The molecule has 2 aliphatic rings. The summed E-state index contributed by atoms with van der Waals surface area (Å²) in [4.78, 5) is 13.2. The second kappa shape index (κ2) is 6.71. The van der Waals surface area contributed by atoms with E-state index in [9.17, 15) is 9.90 Å². The molecule has 1 aliphatic heterocycles. The maximum atomic E-state index is 11.3. The molecule has 0 aromatic rings. The first kappa shape index (κ1) is 14.8. The van der Waals surface area contributed by atoms with Crippen molar-refractivity contribution in [2.45, 2.75) is 69.9 Å². The topological polar surface area (TPSA) is 52.6 Å². The van der Waals surface area contributed by atoms with Gasteiger partial charge in [-0.1, -0.05) is 25.7 Å². The van der Waals surface area contributed by atoms with Crippen LogP contribution in [0.15, 0.2) is 0 Å². The number of nitrogens with one attached hydrogen (secondary N) is 1. The van der Waals surface area contributed by atoms with Crippen LogP contribution < -0.4 is 5.32 Å². The monoisotopic (exact) mass is 268 g/mol. The lowest BCUT2D eigenvalue weighted by atomic mass is 9.93. The van der Waals surface area contributed by atoms with Crippen molar-refractivity contribution in [3.63, 3.8) is 0 Å². The molecule has 1 amide bonds. The van der Waals surface area contributed by atoms with Crippen LogP contribution in [0.1, 0.15) is 58.3 Å². The van der Waals surface area contributed by atoms with Gasteiger partial charge in [0, 0.05) is 32.6 Å². The van der Waals surface area contributed by atoms with Gasteiger partial charge in [0.1, 0.15) is 0 Å². The third-order valence-corrected chi connectivity index (χ3v) is 4.69. The van der Waals surface area contributed by atoms with Crippen LogP contribution in [0.5, 0.6) is 0 Å². The summed E-state index contributed by atoms with van der Waals surface area (Å²) in [5.41, 5.74) is -0.492. The van der Waals surface area contributed by atoms with E-state index < -0.39 is 5.60 Å². The standard InChI is InChI=1S/C15H28N2O2/c1-13(18)17-10-6-14(7-11-17)16-12-15(19)8-4-2-3-5-9-15/h14,16,19H,2-12H2,1H3. The Morgan fingerprint density at radius 2 is 1.79 bits per heavy atom. The van der Waals surface area contributed by atoms with Crippen LogP contribution in [0.4, 0.5) is 0 Å². The van der Waals surface area contributed by atoms with Crippen LogP contribution >= 0.6 is 0 Å². The van der Waals surface area contributed by atoms with E-state index in [1.54, 1.807) is 6.92 Å². The molecular formula is C15H28N2O2. The molecule has 0 atom stereocenters.